The third-order valence-corrected chi connectivity index (χ3v) is 5.43. The fourth-order valence-electron chi connectivity index (χ4n) is 3.82. The van der Waals surface area contributed by atoms with E-state index in [2.05, 4.69) is 15.3 Å². The number of aromatic nitrogens is 2. The Bertz CT molecular complexity index is 1100. The minimum atomic E-state index is -0.433. The highest BCUT2D eigenvalue weighted by atomic mass is 16.5. The molecule has 1 atom stereocenters. The van der Waals surface area contributed by atoms with Gasteiger partial charge in [-0.15, -0.1) is 0 Å². The minimum Gasteiger partial charge on any atom is -0.497 e. The van der Waals surface area contributed by atoms with Crippen molar-refractivity contribution < 1.29 is 23.8 Å². The normalized spacial score (nSPS) is 15.0. The Morgan fingerprint density at radius 3 is 2.38 bits per heavy atom. The van der Waals surface area contributed by atoms with Crippen molar-refractivity contribution in [2.24, 2.45) is 0 Å². The molecule has 9 nitrogen and oxygen atoms in total. The van der Waals surface area contributed by atoms with Crippen LogP contribution in [0.1, 0.15) is 33.4 Å². The topological polar surface area (TPSA) is 106 Å². The smallest absolute Gasteiger partial charge is 0.337 e. The van der Waals surface area contributed by atoms with Gasteiger partial charge in [0.25, 0.3) is 0 Å². The van der Waals surface area contributed by atoms with Crippen molar-refractivity contribution in [3.63, 3.8) is 0 Å². The number of rotatable bonds is 5. The molecule has 0 saturated heterocycles. The zero-order chi connectivity index (χ0) is 22.7. The van der Waals surface area contributed by atoms with Crippen LogP contribution in [0.2, 0.25) is 0 Å². The fraction of sp³-hybridized carbons (Fsp3) is 0.261. The molecule has 2 amide bonds. The number of imidazole rings is 1. The third kappa shape index (κ3) is 4.09. The van der Waals surface area contributed by atoms with Crippen molar-refractivity contribution in [2.45, 2.75) is 12.5 Å². The van der Waals surface area contributed by atoms with Crippen LogP contribution in [-0.4, -0.2) is 54.7 Å². The Hall–Kier alpha value is -4.01. The number of urea groups is 1. The van der Waals surface area contributed by atoms with Gasteiger partial charge in [0.05, 0.1) is 38.9 Å². The number of ether oxygens (including phenoxy) is 3. The van der Waals surface area contributed by atoms with Crippen molar-refractivity contribution in [1.29, 1.82) is 0 Å². The lowest BCUT2D eigenvalue weighted by Crippen LogP contribution is -2.43. The molecule has 0 aliphatic carbocycles. The summed E-state index contributed by atoms with van der Waals surface area (Å²) in [6, 6.07) is 11.4. The molecule has 0 radical (unpaired) electrons. The standard InChI is InChI=1S/C23H24N4O5/c1-30-17-10-15(11-18(12-17)31-2)21-20-19(24-13-25-20)8-9-27(21)23(29)26-16-6-4-14(5-7-16)22(28)32-3/h4-7,10-13,21H,8-9H2,1-3H3,(H,24,25)(H,26,29)/t21-/m0/s1. The molecule has 0 spiro atoms. The zero-order valence-corrected chi connectivity index (χ0v) is 18.0. The van der Waals surface area contributed by atoms with E-state index in [1.807, 2.05) is 12.1 Å². The van der Waals surface area contributed by atoms with Gasteiger partial charge < -0.3 is 29.4 Å². The number of hydrogen-bond acceptors (Lipinski definition) is 6. The average molecular weight is 436 g/mol. The van der Waals surface area contributed by atoms with E-state index in [0.717, 1.165) is 17.0 Å². The summed E-state index contributed by atoms with van der Waals surface area (Å²) in [5.74, 6) is 0.818. The molecule has 0 unspecified atom stereocenters. The molecule has 2 aromatic carbocycles. The summed E-state index contributed by atoms with van der Waals surface area (Å²) in [5.41, 5.74) is 3.57. The van der Waals surface area contributed by atoms with Gasteiger partial charge in [0.15, 0.2) is 0 Å². The van der Waals surface area contributed by atoms with Gasteiger partial charge in [-0.1, -0.05) is 0 Å². The van der Waals surface area contributed by atoms with Crippen LogP contribution < -0.4 is 14.8 Å². The third-order valence-electron chi connectivity index (χ3n) is 5.43. The number of benzene rings is 2. The Balaban J connectivity index is 1.65. The summed E-state index contributed by atoms with van der Waals surface area (Å²) >= 11 is 0. The van der Waals surface area contributed by atoms with Crippen LogP contribution in [0.3, 0.4) is 0 Å². The van der Waals surface area contributed by atoms with Gasteiger partial charge in [0, 0.05) is 30.4 Å². The molecule has 0 fully saturated rings. The molecule has 0 saturated carbocycles. The van der Waals surface area contributed by atoms with Crippen molar-refractivity contribution in [1.82, 2.24) is 14.9 Å². The van der Waals surface area contributed by atoms with Crippen LogP contribution in [0.5, 0.6) is 11.5 Å². The minimum absolute atomic E-state index is 0.281. The summed E-state index contributed by atoms with van der Waals surface area (Å²) in [6.07, 6.45) is 2.30. The molecular weight excluding hydrogens is 412 g/mol. The molecule has 0 bridgehead atoms. The average Bonchev–Trinajstić information content (AvgIpc) is 3.31. The van der Waals surface area contributed by atoms with Gasteiger partial charge in [-0.3, -0.25) is 0 Å². The molecule has 4 rings (SSSR count). The highest BCUT2D eigenvalue weighted by Gasteiger charge is 2.34. The number of nitrogens with one attached hydrogen (secondary N) is 2. The molecule has 166 valence electrons. The summed E-state index contributed by atoms with van der Waals surface area (Å²) in [5, 5.41) is 2.91. The number of amides is 2. The maximum Gasteiger partial charge on any atom is 0.337 e. The molecule has 2 heterocycles. The number of H-pyrrole nitrogens is 1. The van der Waals surface area contributed by atoms with Crippen molar-refractivity contribution in [3.8, 4) is 11.5 Å². The Morgan fingerprint density at radius 1 is 1.06 bits per heavy atom. The van der Waals surface area contributed by atoms with E-state index in [0.29, 0.717) is 35.7 Å². The van der Waals surface area contributed by atoms with Gasteiger partial charge in [-0.25, -0.2) is 14.6 Å². The fourth-order valence-corrected chi connectivity index (χ4v) is 3.82. The number of nitrogens with zero attached hydrogens (tertiary/aromatic N) is 2. The van der Waals surface area contributed by atoms with Gasteiger partial charge in [-0.05, 0) is 42.0 Å². The lowest BCUT2D eigenvalue weighted by Gasteiger charge is -2.35. The van der Waals surface area contributed by atoms with Crippen LogP contribution >= 0.6 is 0 Å². The van der Waals surface area contributed by atoms with Crippen molar-refractivity contribution in [3.05, 3.63) is 71.3 Å². The summed E-state index contributed by atoms with van der Waals surface area (Å²) in [4.78, 5) is 34.3. The number of methoxy groups -OCH3 is 3. The van der Waals surface area contributed by atoms with Gasteiger partial charge in [0.1, 0.15) is 17.5 Å². The molecule has 2 N–H and O–H groups in total. The largest absolute Gasteiger partial charge is 0.497 e. The SMILES string of the molecule is COC(=O)c1ccc(NC(=O)N2CCc3[nH]cnc3[C@@H]2c2cc(OC)cc(OC)c2)cc1. The molecule has 1 aromatic heterocycles. The van der Waals surface area contributed by atoms with Crippen LogP contribution in [0.15, 0.2) is 48.8 Å². The highest BCUT2D eigenvalue weighted by Crippen LogP contribution is 2.37. The number of aromatic amines is 1. The van der Waals surface area contributed by atoms with Crippen LogP contribution in [0.25, 0.3) is 0 Å². The first-order valence-electron chi connectivity index (χ1n) is 10.0. The number of carbonyl (C=O) groups is 2. The maximum atomic E-state index is 13.3. The van der Waals surface area contributed by atoms with E-state index in [1.165, 1.54) is 7.11 Å². The predicted octanol–water partition coefficient (Wildman–Crippen LogP) is 3.39. The van der Waals surface area contributed by atoms with Gasteiger partial charge in [0.2, 0.25) is 0 Å². The first kappa shape index (κ1) is 21.2. The van der Waals surface area contributed by atoms with E-state index in [4.69, 9.17) is 14.2 Å². The van der Waals surface area contributed by atoms with Gasteiger partial charge >= 0.3 is 12.0 Å². The summed E-state index contributed by atoms with van der Waals surface area (Å²) < 4.78 is 15.6. The zero-order valence-electron chi connectivity index (χ0n) is 18.0. The highest BCUT2D eigenvalue weighted by molar-refractivity contribution is 5.92. The molecule has 9 heteroatoms. The number of hydrogen-bond donors (Lipinski definition) is 2. The van der Waals surface area contributed by atoms with Crippen LogP contribution in [0.4, 0.5) is 10.5 Å². The Morgan fingerprint density at radius 2 is 1.75 bits per heavy atom. The Kier molecular flexibility index (Phi) is 5.98. The second-order valence-corrected chi connectivity index (χ2v) is 7.26. The Labute approximate surface area is 185 Å². The predicted molar refractivity (Wildman–Crippen MR) is 117 cm³/mol. The summed E-state index contributed by atoms with van der Waals surface area (Å²) in [7, 11) is 4.50. The quantitative estimate of drug-likeness (QED) is 0.594. The van der Waals surface area contributed by atoms with E-state index in [1.54, 1.807) is 55.8 Å². The van der Waals surface area contributed by atoms with Crippen LogP contribution in [-0.2, 0) is 11.2 Å². The number of esters is 1. The monoisotopic (exact) mass is 436 g/mol. The van der Waals surface area contributed by atoms with E-state index >= 15 is 0 Å². The van der Waals surface area contributed by atoms with E-state index in [9.17, 15) is 9.59 Å². The van der Waals surface area contributed by atoms with Crippen molar-refractivity contribution >= 4 is 17.7 Å². The second kappa shape index (κ2) is 9.01. The van der Waals surface area contributed by atoms with Gasteiger partial charge in [-0.2, -0.15) is 0 Å². The first-order chi connectivity index (χ1) is 15.5. The van der Waals surface area contributed by atoms with Crippen molar-refractivity contribution in [2.75, 3.05) is 33.2 Å². The summed E-state index contributed by atoms with van der Waals surface area (Å²) in [6.45, 7) is 0.492. The van der Waals surface area contributed by atoms with E-state index in [-0.39, 0.29) is 6.03 Å². The lowest BCUT2D eigenvalue weighted by atomic mass is 9.95. The molecular formula is C23H24N4O5. The molecule has 3 aromatic rings. The molecule has 1 aliphatic rings. The number of fused-ring (bicyclic) bond motifs is 1. The van der Waals surface area contributed by atoms with Crippen LogP contribution in [0, 0.1) is 0 Å². The first-order valence-corrected chi connectivity index (χ1v) is 10.0. The second-order valence-electron chi connectivity index (χ2n) is 7.26. The molecule has 32 heavy (non-hydrogen) atoms. The maximum absolute atomic E-state index is 13.3. The molecule has 1 aliphatic heterocycles. The lowest BCUT2D eigenvalue weighted by molar-refractivity contribution is 0.0600. The van der Waals surface area contributed by atoms with E-state index < -0.39 is 12.0 Å². The number of anilines is 1. The number of carbonyl (C=O) groups excluding carboxylic acids is 2.